The Morgan fingerprint density at radius 1 is 1.17 bits per heavy atom. The largest absolute Gasteiger partial charge is 0.455 e. The van der Waals surface area contributed by atoms with E-state index >= 15 is 0 Å². The van der Waals surface area contributed by atoms with E-state index in [1.165, 1.54) is 18.2 Å². The second-order valence-corrected chi connectivity index (χ2v) is 6.82. The van der Waals surface area contributed by atoms with Crippen molar-refractivity contribution in [2.75, 3.05) is 11.4 Å². The maximum atomic E-state index is 14.0. The molecular weight excluding hydrogens is 366 g/mol. The van der Waals surface area contributed by atoms with Gasteiger partial charge in [0.15, 0.2) is 5.75 Å². The Balaban J connectivity index is 1.96. The highest BCUT2D eigenvalue weighted by atomic mass is 79.9. The minimum absolute atomic E-state index is 0.0914. The Labute approximate surface area is 141 Å². The molecule has 0 bridgehead atoms. The summed E-state index contributed by atoms with van der Waals surface area (Å²) < 4.78 is 33.8. The molecule has 4 rings (SSSR count). The van der Waals surface area contributed by atoms with Crippen molar-refractivity contribution in [2.45, 2.75) is 24.9 Å². The Kier molecular flexibility index (Phi) is 3.54. The van der Waals surface area contributed by atoms with Crippen LogP contribution in [0.5, 0.6) is 11.5 Å². The van der Waals surface area contributed by atoms with Gasteiger partial charge in [-0.05, 0) is 40.9 Å². The maximum Gasteiger partial charge on any atom is 0.153 e. The van der Waals surface area contributed by atoms with E-state index in [0.717, 1.165) is 30.6 Å². The lowest BCUT2D eigenvalue weighted by Crippen LogP contribution is -2.45. The van der Waals surface area contributed by atoms with Crippen molar-refractivity contribution in [3.8, 4) is 11.5 Å². The molecule has 2 aliphatic heterocycles. The molecule has 0 aliphatic carbocycles. The summed E-state index contributed by atoms with van der Waals surface area (Å²) in [5.74, 6) is -0.0193. The lowest BCUT2D eigenvalue weighted by molar-refractivity contribution is 0.407. The first-order valence-corrected chi connectivity index (χ1v) is 8.32. The quantitative estimate of drug-likeness (QED) is 0.730. The van der Waals surface area contributed by atoms with Crippen LogP contribution in [0.25, 0.3) is 0 Å². The van der Waals surface area contributed by atoms with Crippen LogP contribution in [0.15, 0.2) is 34.8 Å². The molecule has 0 saturated carbocycles. The first-order valence-electron chi connectivity index (χ1n) is 7.53. The van der Waals surface area contributed by atoms with Crippen molar-refractivity contribution in [3.05, 3.63) is 52.0 Å². The van der Waals surface area contributed by atoms with Crippen LogP contribution in [0, 0.1) is 11.6 Å². The number of ether oxygens (including phenoxy) is 1. The van der Waals surface area contributed by atoms with Crippen LogP contribution in [0.4, 0.5) is 14.5 Å². The van der Waals surface area contributed by atoms with E-state index in [1.54, 1.807) is 12.1 Å². The van der Waals surface area contributed by atoms with Gasteiger partial charge >= 0.3 is 0 Å². The highest BCUT2D eigenvalue weighted by Crippen LogP contribution is 2.48. The Hall–Kier alpha value is -1.66. The number of hydrogen-bond acceptors (Lipinski definition) is 3. The molecule has 2 aromatic rings. The predicted octanol–water partition coefficient (Wildman–Crippen LogP) is 4.50. The lowest BCUT2D eigenvalue weighted by Gasteiger charge is -2.40. The first kappa shape index (κ1) is 14.9. The Morgan fingerprint density at radius 2 is 2.00 bits per heavy atom. The van der Waals surface area contributed by atoms with Crippen LogP contribution in [0.2, 0.25) is 0 Å². The molecular formula is C17H15BrF2N2O. The van der Waals surface area contributed by atoms with Crippen molar-refractivity contribution in [1.82, 2.24) is 0 Å². The number of halogens is 3. The molecule has 0 radical (unpaired) electrons. The van der Waals surface area contributed by atoms with Gasteiger partial charge in [-0.2, -0.15) is 0 Å². The smallest absolute Gasteiger partial charge is 0.153 e. The zero-order chi connectivity index (χ0) is 16.1. The van der Waals surface area contributed by atoms with Gasteiger partial charge < -0.3 is 15.4 Å². The van der Waals surface area contributed by atoms with Crippen LogP contribution in [0.1, 0.15) is 24.4 Å². The van der Waals surface area contributed by atoms with Crippen LogP contribution in [-0.4, -0.2) is 12.6 Å². The highest BCUT2D eigenvalue weighted by molar-refractivity contribution is 9.10. The molecule has 2 atom stereocenters. The summed E-state index contributed by atoms with van der Waals surface area (Å²) >= 11 is 3.23. The summed E-state index contributed by atoms with van der Waals surface area (Å²) in [6, 6.07) is 7.29. The van der Waals surface area contributed by atoms with Crippen molar-refractivity contribution in [3.63, 3.8) is 0 Å². The topological polar surface area (TPSA) is 38.5 Å². The summed E-state index contributed by atoms with van der Waals surface area (Å²) in [6.07, 6.45) is 1.83. The van der Waals surface area contributed by atoms with Crippen molar-refractivity contribution in [1.29, 1.82) is 0 Å². The van der Waals surface area contributed by atoms with Gasteiger partial charge in [-0.1, -0.05) is 6.07 Å². The number of nitrogens with two attached hydrogens (primary N) is 1. The summed E-state index contributed by atoms with van der Waals surface area (Å²) in [5.41, 5.74) is 7.97. The third-order valence-electron chi connectivity index (χ3n) is 4.50. The van der Waals surface area contributed by atoms with E-state index in [0.29, 0.717) is 16.0 Å². The number of anilines is 1. The first-order chi connectivity index (χ1) is 11.0. The minimum atomic E-state index is -0.415. The second-order valence-electron chi connectivity index (χ2n) is 5.96. The SMILES string of the molecule is N[C@@H]1CCCN2c3cc(Br)c(F)cc3Oc3cc(F)ccc3[C@H]12. The fraction of sp³-hybridized carbons (Fsp3) is 0.294. The molecule has 0 unspecified atom stereocenters. The molecule has 1 saturated heterocycles. The third-order valence-corrected chi connectivity index (χ3v) is 5.11. The van der Waals surface area contributed by atoms with Gasteiger partial charge in [0.2, 0.25) is 0 Å². The Morgan fingerprint density at radius 3 is 2.83 bits per heavy atom. The van der Waals surface area contributed by atoms with E-state index in [1.807, 2.05) is 0 Å². The number of fused-ring (bicyclic) bond motifs is 5. The van der Waals surface area contributed by atoms with E-state index in [9.17, 15) is 8.78 Å². The molecule has 120 valence electrons. The van der Waals surface area contributed by atoms with Crippen molar-refractivity contribution < 1.29 is 13.5 Å². The van der Waals surface area contributed by atoms with Gasteiger partial charge in [-0.3, -0.25) is 0 Å². The number of rotatable bonds is 0. The standard InChI is InChI=1S/C17H15BrF2N2O/c18-11-7-14-16(8-12(11)20)23-15-6-9(19)3-4-10(15)17-13(21)2-1-5-22(14)17/h3-4,6-8,13,17H,1-2,5,21H2/t13-,17-/m1/s1. The monoisotopic (exact) mass is 380 g/mol. The number of benzene rings is 2. The molecule has 0 aromatic heterocycles. The normalized spacial score (nSPS) is 22.5. The summed E-state index contributed by atoms with van der Waals surface area (Å²) in [6.45, 7) is 0.795. The fourth-order valence-electron chi connectivity index (χ4n) is 3.48. The predicted molar refractivity (Wildman–Crippen MR) is 87.9 cm³/mol. The highest BCUT2D eigenvalue weighted by Gasteiger charge is 2.36. The Bertz CT molecular complexity index is 783. The average Bonchev–Trinajstić information content (AvgIpc) is 2.63. The van der Waals surface area contributed by atoms with Gasteiger partial charge in [0.05, 0.1) is 16.2 Å². The molecule has 2 N–H and O–H groups in total. The zero-order valence-corrected chi connectivity index (χ0v) is 13.8. The van der Waals surface area contributed by atoms with Crippen LogP contribution in [-0.2, 0) is 0 Å². The van der Waals surface area contributed by atoms with E-state index in [4.69, 9.17) is 10.5 Å². The lowest BCUT2D eigenvalue weighted by atomic mass is 9.90. The second kappa shape index (κ2) is 5.46. The van der Waals surface area contributed by atoms with Gasteiger partial charge in [0.25, 0.3) is 0 Å². The minimum Gasteiger partial charge on any atom is -0.455 e. The summed E-state index contributed by atoms with van der Waals surface area (Å²) in [5, 5.41) is 0. The van der Waals surface area contributed by atoms with E-state index in [2.05, 4.69) is 20.8 Å². The molecule has 2 heterocycles. The molecule has 1 fully saturated rings. The van der Waals surface area contributed by atoms with Crippen molar-refractivity contribution in [2.24, 2.45) is 5.73 Å². The molecule has 0 spiro atoms. The molecule has 2 aromatic carbocycles. The van der Waals surface area contributed by atoms with Gasteiger partial charge in [-0.25, -0.2) is 8.78 Å². The maximum absolute atomic E-state index is 14.0. The van der Waals surface area contributed by atoms with Gasteiger partial charge in [0.1, 0.15) is 17.4 Å². The molecule has 3 nitrogen and oxygen atoms in total. The third kappa shape index (κ3) is 2.40. The van der Waals surface area contributed by atoms with Crippen molar-refractivity contribution >= 4 is 21.6 Å². The molecule has 2 aliphatic rings. The molecule has 23 heavy (non-hydrogen) atoms. The molecule has 0 amide bonds. The fourth-order valence-corrected chi connectivity index (χ4v) is 3.81. The zero-order valence-electron chi connectivity index (χ0n) is 12.2. The van der Waals surface area contributed by atoms with Crippen LogP contribution < -0.4 is 15.4 Å². The van der Waals surface area contributed by atoms with E-state index < -0.39 is 5.82 Å². The number of piperidine rings is 1. The van der Waals surface area contributed by atoms with Crippen LogP contribution in [0.3, 0.4) is 0 Å². The summed E-state index contributed by atoms with van der Waals surface area (Å²) in [7, 11) is 0. The number of nitrogens with zero attached hydrogens (tertiary/aromatic N) is 1. The van der Waals surface area contributed by atoms with E-state index in [-0.39, 0.29) is 17.9 Å². The van der Waals surface area contributed by atoms with Crippen LogP contribution >= 0.6 is 15.9 Å². The van der Waals surface area contributed by atoms with Gasteiger partial charge in [0, 0.05) is 30.3 Å². The number of hydrogen-bond donors (Lipinski definition) is 1. The average molecular weight is 381 g/mol. The molecule has 6 heteroatoms. The summed E-state index contributed by atoms with van der Waals surface area (Å²) in [4.78, 5) is 2.14. The van der Waals surface area contributed by atoms with Gasteiger partial charge in [-0.15, -0.1) is 0 Å².